The largest absolute Gasteiger partial charge is 0.304 e. The number of hydrogen-bond acceptors (Lipinski definition) is 5. The lowest BCUT2D eigenvalue weighted by Crippen LogP contribution is -2.18. The number of benzene rings is 1. The lowest BCUT2D eigenvalue weighted by Gasteiger charge is -2.13. The number of aryl methyl sites for hydroxylation is 2. The van der Waals surface area contributed by atoms with Gasteiger partial charge in [0.1, 0.15) is 5.01 Å². The first kappa shape index (κ1) is 14.6. The number of thiazole rings is 1. The van der Waals surface area contributed by atoms with Gasteiger partial charge < -0.3 is 5.32 Å². The van der Waals surface area contributed by atoms with E-state index in [9.17, 15) is 10.1 Å². The normalized spacial score (nSPS) is 12.3. The van der Waals surface area contributed by atoms with E-state index in [-0.39, 0.29) is 16.7 Å². The van der Waals surface area contributed by atoms with Crippen molar-refractivity contribution in [1.82, 2.24) is 10.3 Å². The van der Waals surface area contributed by atoms with Crippen LogP contribution in [0.2, 0.25) is 0 Å². The van der Waals surface area contributed by atoms with Crippen molar-refractivity contribution in [3.63, 3.8) is 0 Å². The molecule has 0 fully saturated rings. The van der Waals surface area contributed by atoms with E-state index in [2.05, 4.69) is 10.3 Å². The number of rotatable bonds is 5. The van der Waals surface area contributed by atoms with Crippen LogP contribution in [-0.2, 0) is 6.54 Å². The topological polar surface area (TPSA) is 68.1 Å². The highest BCUT2D eigenvalue weighted by Gasteiger charge is 2.14. The molecule has 0 saturated heterocycles. The highest BCUT2D eigenvalue weighted by atomic mass is 32.1. The van der Waals surface area contributed by atoms with Gasteiger partial charge in [-0.05, 0) is 26.3 Å². The summed E-state index contributed by atoms with van der Waals surface area (Å²) in [5, 5.41) is 15.3. The average Bonchev–Trinajstić information content (AvgIpc) is 2.82. The van der Waals surface area contributed by atoms with Crippen LogP contribution in [0.15, 0.2) is 24.4 Å². The summed E-state index contributed by atoms with van der Waals surface area (Å²) in [5.41, 5.74) is 1.76. The Labute approximate surface area is 121 Å². The minimum Gasteiger partial charge on any atom is -0.304 e. The third-order valence-electron chi connectivity index (χ3n) is 3.16. The zero-order valence-electron chi connectivity index (χ0n) is 11.7. The van der Waals surface area contributed by atoms with E-state index in [1.165, 1.54) is 4.88 Å². The fourth-order valence-electron chi connectivity index (χ4n) is 1.93. The van der Waals surface area contributed by atoms with Crippen LogP contribution in [-0.4, -0.2) is 9.91 Å². The predicted molar refractivity (Wildman–Crippen MR) is 79.9 cm³/mol. The van der Waals surface area contributed by atoms with Crippen LogP contribution in [0.3, 0.4) is 0 Å². The maximum absolute atomic E-state index is 11.0. The van der Waals surface area contributed by atoms with Crippen molar-refractivity contribution in [1.29, 1.82) is 0 Å². The predicted octanol–water partition coefficient (Wildman–Crippen LogP) is 3.52. The molecule has 0 aliphatic heterocycles. The lowest BCUT2D eigenvalue weighted by atomic mass is 10.0. The Morgan fingerprint density at radius 1 is 1.45 bits per heavy atom. The second kappa shape index (κ2) is 6.11. The molecule has 0 amide bonds. The molecular formula is C14H17N3O2S. The molecule has 0 saturated carbocycles. The smallest absolute Gasteiger partial charge is 0.272 e. The summed E-state index contributed by atoms with van der Waals surface area (Å²) < 4.78 is 0. The summed E-state index contributed by atoms with van der Waals surface area (Å²) in [4.78, 5) is 16.1. The van der Waals surface area contributed by atoms with Crippen molar-refractivity contribution < 1.29 is 4.92 Å². The van der Waals surface area contributed by atoms with E-state index in [1.54, 1.807) is 30.4 Å². The summed E-state index contributed by atoms with van der Waals surface area (Å²) in [5.74, 6) is 0. The second-order valence-corrected chi connectivity index (χ2v) is 6.09. The summed E-state index contributed by atoms with van der Waals surface area (Å²) in [6.45, 7) is 6.43. The molecule has 2 rings (SSSR count). The first-order valence-electron chi connectivity index (χ1n) is 6.37. The Hall–Kier alpha value is -1.79. The van der Waals surface area contributed by atoms with Crippen molar-refractivity contribution in [3.8, 4) is 0 Å². The molecule has 1 N–H and O–H groups in total. The number of nitro benzene ring substituents is 1. The highest BCUT2D eigenvalue weighted by Crippen LogP contribution is 2.23. The maximum Gasteiger partial charge on any atom is 0.272 e. The van der Waals surface area contributed by atoms with Gasteiger partial charge in [0.05, 0.1) is 4.92 Å². The zero-order valence-corrected chi connectivity index (χ0v) is 12.5. The molecule has 1 aromatic heterocycles. The molecule has 106 valence electrons. The molecule has 0 radical (unpaired) electrons. The number of nitrogens with zero attached hydrogens (tertiary/aromatic N) is 2. The van der Waals surface area contributed by atoms with Crippen molar-refractivity contribution in [2.45, 2.75) is 33.4 Å². The van der Waals surface area contributed by atoms with Gasteiger partial charge in [-0.3, -0.25) is 10.1 Å². The standard InChI is InChI=1S/C14H17N3O2S/c1-9-4-5-12(6-13(9)17(18)19)11(3)15-8-14-16-7-10(2)20-14/h4-7,11,15H,8H2,1-3H3. The molecule has 0 aliphatic carbocycles. The zero-order chi connectivity index (χ0) is 14.7. The first-order valence-corrected chi connectivity index (χ1v) is 7.18. The fraction of sp³-hybridized carbons (Fsp3) is 0.357. The van der Waals surface area contributed by atoms with E-state index in [0.717, 1.165) is 10.6 Å². The lowest BCUT2D eigenvalue weighted by molar-refractivity contribution is -0.385. The molecule has 1 atom stereocenters. The van der Waals surface area contributed by atoms with E-state index < -0.39 is 0 Å². The molecule has 0 aliphatic rings. The van der Waals surface area contributed by atoms with Gasteiger partial charge in [-0.2, -0.15) is 0 Å². The number of nitro groups is 1. The van der Waals surface area contributed by atoms with Gasteiger partial charge in [-0.1, -0.05) is 12.1 Å². The number of nitrogens with one attached hydrogen (secondary N) is 1. The van der Waals surface area contributed by atoms with Crippen molar-refractivity contribution in [3.05, 3.63) is 55.5 Å². The van der Waals surface area contributed by atoms with Gasteiger partial charge in [0.25, 0.3) is 5.69 Å². The maximum atomic E-state index is 11.0. The Balaban J connectivity index is 2.07. The molecule has 6 heteroatoms. The minimum absolute atomic E-state index is 0.0403. The molecule has 0 bridgehead atoms. The molecule has 20 heavy (non-hydrogen) atoms. The van der Waals surface area contributed by atoms with E-state index in [4.69, 9.17) is 0 Å². The summed E-state index contributed by atoms with van der Waals surface area (Å²) in [6.07, 6.45) is 1.85. The van der Waals surface area contributed by atoms with Gasteiger partial charge in [0.15, 0.2) is 0 Å². The Kier molecular flexibility index (Phi) is 4.46. The van der Waals surface area contributed by atoms with E-state index >= 15 is 0 Å². The van der Waals surface area contributed by atoms with Crippen LogP contribution in [0.25, 0.3) is 0 Å². The Morgan fingerprint density at radius 2 is 2.20 bits per heavy atom. The van der Waals surface area contributed by atoms with Gasteiger partial charge >= 0.3 is 0 Å². The summed E-state index contributed by atoms with van der Waals surface area (Å²) >= 11 is 1.65. The number of aromatic nitrogens is 1. The van der Waals surface area contributed by atoms with Gasteiger partial charge in [0, 0.05) is 35.3 Å². The van der Waals surface area contributed by atoms with Crippen LogP contribution in [0, 0.1) is 24.0 Å². The summed E-state index contributed by atoms with van der Waals surface area (Å²) in [7, 11) is 0. The average molecular weight is 291 g/mol. The molecule has 1 unspecified atom stereocenters. The molecular weight excluding hydrogens is 274 g/mol. The van der Waals surface area contributed by atoms with Crippen LogP contribution in [0.1, 0.15) is 34.0 Å². The van der Waals surface area contributed by atoms with Crippen molar-refractivity contribution in [2.75, 3.05) is 0 Å². The minimum atomic E-state index is -0.338. The van der Waals surface area contributed by atoms with E-state index in [1.807, 2.05) is 26.1 Å². The number of hydrogen-bond donors (Lipinski definition) is 1. The third kappa shape index (κ3) is 3.40. The summed E-state index contributed by atoms with van der Waals surface area (Å²) in [6, 6.07) is 5.39. The molecule has 5 nitrogen and oxygen atoms in total. The van der Waals surface area contributed by atoms with Crippen molar-refractivity contribution in [2.24, 2.45) is 0 Å². The Morgan fingerprint density at radius 3 is 2.80 bits per heavy atom. The van der Waals surface area contributed by atoms with Crippen molar-refractivity contribution >= 4 is 17.0 Å². The third-order valence-corrected chi connectivity index (χ3v) is 4.07. The molecule has 1 heterocycles. The Bertz CT molecular complexity index is 625. The molecule has 0 spiro atoms. The monoisotopic (exact) mass is 291 g/mol. The van der Waals surface area contributed by atoms with Gasteiger partial charge in [-0.15, -0.1) is 11.3 Å². The highest BCUT2D eigenvalue weighted by molar-refractivity contribution is 7.11. The van der Waals surface area contributed by atoms with Crippen LogP contribution < -0.4 is 5.32 Å². The second-order valence-electron chi connectivity index (χ2n) is 4.77. The van der Waals surface area contributed by atoms with E-state index in [0.29, 0.717) is 12.1 Å². The van der Waals surface area contributed by atoms with Crippen LogP contribution >= 0.6 is 11.3 Å². The first-order chi connectivity index (χ1) is 9.47. The van der Waals surface area contributed by atoms with Gasteiger partial charge in [0.2, 0.25) is 0 Å². The van der Waals surface area contributed by atoms with Crippen LogP contribution in [0.5, 0.6) is 0 Å². The fourth-order valence-corrected chi connectivity index (χ4v) is 2.67. The quantitative estimate of drug-likeness (QED) is 0.676. The van der Waals surface area contributed by atoms with Gasteiger partial charge in [-0.25, -0.2) is 4.98 Å². The SMILES string of the molecule is Cc1cnc(CNC(C)c2ccc(C)c([N+](=O)[O-])c2)s1. The molecule has 1 aromatic carbocycles. The van der Waals surface area contributed by atoms with Crippen LogP contribution in [0.4, 0.5) is 5.69 Å². The molecule has 2 aromatic rings.